The monoisotopic (exact) mass is 510 g/mol. The van der Waals surface area contributed by atoms with Gasteiger partial charge < -0.3 is 19.3 Å². The fourth-order valence-electron chi connectivity index (χ4n) is 4.92. The number of anilines is 1. The molecule has 2 aromatic carbocycles. The number of aromatic hydroxyl groups is 1. The second kappa shape index (κ2) is 10.3. The molecule has 1 aliphatic heterocycles. The van der Waals surface area contributed by atoms with Crippen LogP contribution in [0.15, 0.2) is 67.0 Å². The van der Waals surface area contributed by atoms with Crippen LogP contribution in [-0.4, -0.2) is 58.6 Å². The van der Waals surface area contributed by atoms with Crippen LogP contribution in [0.5, 0.6) is 11.6 Å². The first-order valence-electron chi connectivity index (χ1n) is 12.3. The van der Waals surface area contributed by atoms with Crippen molar-refractivity contribution < 1.29 is 23.0 Å². The van der Waals surface area contributed by atoms with Crippen LogP contribution in [0.1, 0.15) is 16.8 Å². The van der Waals surface area contributed by atoms with Gasteiger partial charge in [-0.25, -0.2) is 0 Å². The molecule has 1 N–H and O–H groups in total. The minimum atomic E-state index is -4.72. The highest BCUT2D eigenvalue weighted by Crippen LogP contribution is 2.35. The van der Waals surface area contributed by atoms with Crippen molar-refractivity contribution in [2.45, 2.75) is 26.3 Å². The van der Waals surface area contributed by atoms with E-state index in [-0.39, 0.29) is 11.6 Å². The highest BCUT2D eigenvalue weighted by Gasteiger charge is 2.31. The minimum absolute atomic E-state index is 0.147. The van der Waals surface area contributed by atoms with E-state index in [9.17, 15) is 18.3 Å². The lowest BCUT2D eigenvalue weighted by molar-refractivity contribution is -0.274. The number of fused-ring (bicyclic) bond motifs is 1. The van der Waals surface area contributed by atoms with Gasteiger partial charge >= 0.3 is 6.36 Å². The van der Waals surface area contributed by atoms with Gasteiger partial charge in [0.15, 0.2) is 5.88 Å². The van der Waals surface area contributed by atoms with Crippen molar-refractivity contribution in [2.24, 2.45) is 0 Å². The Hall–Kier alpha value is -3.72. The van der Waals surface area contributed by atoms with Gasteiger partial charge in [0, 0.05) is 73.7 Å². The zero-order valence-electron chi connectivity index (χ0n) is 20.6. The van der Waals surface area contributed by atoms with Crippen molar-refractivity contribution in [3.8, 4) is 11.6 Å². The Balaban J connectivity index is 1.25. The van der Waals surface area contributed by atoms with Crippen molar-refractivity contribution in [1.29, 1.82) is 0 Å². The fourth-order valence-corrected chi connectivity index (χ4v) is 4.92. The topological polar surface area (TPSA) is 53.8 Å². The summed E-state index contributed by atoms with van der Waals surface area (Å²) in [4.78, 5) is 9.24. The molecule has 5 rings (SSSR count). The number of hydrogen-bond donors (Lipinski definition) is 1. The van der Waals surface area contributed by atoms with Crippen LogP contribution < -0.4 is 9.64 Å². The highest BCUT2D eigenvalue weighted by atomic mass is 19.4. The number of halogens is 3. The third kappa shape index (κ3) is 5.99. The average molecular weight is 511 g/mol. The lowest BCUT2D eigenvalue weighted by Crippen LogP contribution is -2.47. The zero-order valence-corrected chi connectivity index (χ0v) is 20.6. The van der Waals surface area contributed by atoms with Crippen LogP contribution in [0, 0.1) is 6.92 Å². The number of nitrogens with zero attached hydrogens (tertiary/aromatic N) is 4. The molecule has 4 aromatic rings. The van der Waals surface area contributed by atoms with Crippen molar-refractivity contribution >= 4 is 16.5 Å². The predicted octanol–water partition coefficient (Wildman–Crippen LogP) is 5.36. The number of aromatic nitrogens is 2. The first-order chi connectivity index (χ1) is 17.7. The number of aryl methyl sites for hydroxylation is 1. The molecule has 1 fully saturated rings. The summed E-state index contributed by atoms with van der Waals surface area (Å²) in [5, 5.41) is 12.6. The first-order valence-corrected chi connectivity index (χ1v) is 12.3. The molecule has 194 valence electrons. The number of ether oxygens (including phenoxy) is 1. The van der Waals surface area contributed by atoms with Gasteiger partial charge in [-0.1, -0.05) is 18.2 Å². The second-order valence-electron chi connectivity index (χ2n) is 9.40. The number of pyridine rings is 1. The van der Waals surface area contributed by atoms with Crippen LogP contribution in [0.3, 0.4) is 0 Å². The summed E-state index contributed by atoms with van der Waals surface area (Å²) >= 11 is 0. The van der Waals surface area contributed by atoms with Crippen molar-refractivity contribution in [2.75, 3.05) is 37.6 Å². The van der Waals surface area contributed by atoms with E-state index in [0.717, 1.165) is 72.4 Å². The molecule has 0 saturated carbocycles. The van der Waals surface area contributed by atoms with E-state index < -0.39 is 6.36 Å². The van der Waals surface area contributed by atoms with Gasteiger partial charge in [0.25, 0.3) is 0 Å². The minimum Gasteiger partial charge on any atom is -0.494 e. The van der Waals surface area contributed by atoms with Gasteiger partial charge in [0.05, 0.1) is 6.54 Å². The summed E-state index contributed by atoms with van der Waals surface area (Å²) in [5.41, 5.74) is 3.97. The molecular formula is C28H29F3N4O2. The van der Waals surface area contributed by atoms with E-state index in [1.165, 1.54) is 12.1 Å². The molecule has 0 spiro atoms. The molecule has 9 heteroatoms. The van der Waals surface area contributed by atoms with E-state index in [4.69, 9.17) is 0 Å². The summed E-state index contributed by atoms with van der Waals surface area (Å²) in [6.45, 7) is 7.11. The van der Waals surface area contributed by atoms with E-state index in [1.807, 2.05) is 31.5 Å². The van der Waals surface area contributed by atoms with Gasteiger partial charge in [-0.2, -0.15) is 0 Å². The zero-order chi connectivity index (χ0) is 26.0. The number of rotatable bonds is 7. The summed E-state index contributed by atoms with van der Waals surface area (Å²) in [6, 6.07) is 15.9. The molecule has 3 heterocycles. The Morgan fingerprint density at radius 2 is 1.76 bits per heavy atom. The van der Waals surface area contributed by atoms with Gasteiger partial charge in [-0.3, -0.25) is 9.88 Å². The Bertz CT molecular complexity index is 1350. The Kier molecular flexibility index (Phi) is 6.97. The summed E-state index contributed by atoms with van der Waals surface area (Å²) in [6.07, 6.45) is -0.0549. The lowest BCUT2D eigenvalue weighted by atomic mass is 10.1. The largest absolute Gasteiger partial charge is 0.573 e. The third-order valence-electron chi connectivity index (χ3n) is 6.80. The van der Waals surface area contributed by atoms with Crippen molar-refractivity contribution in [3.05, 3.63) is 83.8 Å². The molecule has 37 heavy (non-hydrogen) atoms. The van der Waals surface area contributed by atoms with Gasteiger partial charge in [-0.05, 0) is 54.4 Å². The maximum absolute atomic E-state index is 12.4. The average Bonchev–Trinajstić information content (AvgIpc) is 3.19. The Morgan fingerprint density at radius 3 is 2.43 bits per heavy atom. The van der Waals surface area contributed by atoms with E-state index in [0.29, 0.717) is 6.54 Å². The van der Waals surface area contributed by atoms with E-state index in [2.05, 4.69) is 37.7 Å². The Morgan fingerprint density at radius 1 is 1.00 bits per heavy atom. The normalized spacial score (nSPS) is 14.9. The molecular weight excluding hydrogens is 481 g/mol. The first kappa shape index (κ1) is 25.0. The van der Waals surface area contributed by atoms with E-state index >= 15 is 0 Å². The fraction of sp³-hybridized carbons (Fsp3) is 0.321. The van der Waals surface area contributed by atoms with Crippen molar-refractivity contribution in [1.82, 2.24) is 14.5 Å². The van der Waals surface area contributed by atoms with E-state index in [1.54, 1.807) is 16.7 Å². The molecule has 0 bridgehead atoms. The second-order valence-corrected chi connectivity index (χ2v) is 9.40. The van der Waals surface area contributed by atoms with Crippen LogP contribution in [-0.2, 0) is 13.0 Å². The Labute approximate surface area is 213 Å². The number of alkyl halides is 3. The molecule has 0 unspecified atom stereocenters. The maximum atomic E-state index is 12.4. The smallest absolute Gasteiger partial charge is 0.494 e. The summed E-state index contributed by atoms with van der Waals surface area (Å²) in [5.74, 6) is -0.121. The standard InChI is InChI=1S/C28H29F3N4O2/c1-20-16-24(34-14-12-33(13-15-34)11-9-23-4-2-3-10-32-23)17-22-19-35(27(36)26(20)22)18-21-5-7-25(8-6-21)37-28(29,30)31/h2-8,10,16-17,19,36H,9,11-15,18H2,1H3. The quantitative estimate of drug-likeness (QED) is 0.363. The summed E-state index contributed by atoms with van der Waals surface area (Å²) in [7, 11) is 0. The van der Waals surface area contributed by atoms with Gasteiger partial charge in [0.1, 0.15) is 5.75 Å². The molecule has 0 amide bonds. The maximum Gasteiger partial charge on any atom is 0.573 e. The van der Waals surface area contributed by atoms with Crippen LogP contribution in [0.2, 0.25) is 0 Å². The van der Waals surface area contributed by atoms with Crippen LogP contribution in [0.4, 0.5) is 18.9 Å². The number of piperazine rings is 1. The van der Waals surface area contributed by atoms with Gasteiger partial charge in [-0.15, -0.1) is 13.2 Å². The third-order valence-corrected chi connectivity index (χ3v) is 6.80. The molecule has 0 atom stereocenters. The molecule has 0 radical (unpaired) electrons. The van der Waals surface area contributed by atoms with Crippen LogP contribution >= 0.6 is 0 Å². The summed E-state index contributed by atoms with van der Waals surface area (Å²) < 4.78 is 42.9. The SMILES string of the molecule is Cc1cc(N2CCN(CCc3ccccn3)CC2)cc2cn(Cc3ccc(OC(F)(F)F)cc3)c(O)c12. The molecule has 0 aliphatic carbocycles. The predicted molar refractivity (Wildman–Crippen MR) is 137 cm³/mol. The highest BCUT2D eigenvalue weighted by molar-refractivity contribution is 5.93. The molecule has 1 saturated heterocycles. The van der Waals surface area contributed by atoms with Gasteiger partial charge in [0.2, 0.25) is 0 Å². The molecule has 6 nitrogen and oxygen atoms in total. The number of hydrogen-bond acceptors (Lipinski definition) is 5. The molecule has 1 aliphatic rings. The molecule has 2 aromatic heterocycles. The number of benzene rings is 2. The van der Waals surface area contributed by atoms with Crippen LogP contribution in [0.25, 0.3) is 10.8 Å². The van der Waals surface area contributed by atoms with Crippen molar-refractivity contribution in [3.63, 3.8) is 0 Å². The lowest BCUT2D eigenvalue weighted by Gasteiger charge is -2.36.